The summed E-state index contributed by atoms with van der Waals surface area (Å²) in [6, 6.07) is 6.77. The molecule has 1 saturated heterocycles. The van der Waals surface area contributed by atoms with E-state index in [1.165, 1.54) is 0 Å². The molecular formula is C13H17NO4. The first-order chi connectivity index (χ1) is 8.52. The minimum atomic E-state index is -1.01. The van der Waals surface area contributed by atoms with Gasteiger partial charge in [0.1, 0.15) is 5.60 Å². The summed E-state index contributed by atoms with van der Waals surface area (Å²) in [6.45, 7) is 1.47. The molecule has 1 aromatic rings. The van der Waals surface area contributed by atoms with Crippen molar-refractivity contribution in [3.8, 4) is 0 Å². The molecule has 1 unspecified atom stereocenters. The van der Waals surface area contributed by atoms with Crippen LogP contribution in [0.5, 0.6) is 0 Å². The van der Waals surface area contributed by atoms with Crippen molar-refractivity contribution in [2.75, 3.05) is 19.7 Å². The predicted molar refractivity (Wildman–Crippen MR) is 65.3 cm³/mol. The molecule has 1 fully saturated rings. The lowest BCUT2D eigenvalue weighted by atomic mass is 10.1. The summed E-state index contributed by atoms with van der Waals surface area (Å²) >= 11 is 0. The topological polar surface area (TPSA) is 81.0 Å². The molecule has 1 aromatic carbocycles. The second kappa shape index (κ2) is 5.06. The maximum absolute atomic E-state index is 10.9. The Kier molecular flexibility index (Phi) is 3.65. The van der Waals surface area contributed by atoms with Gasteiger partial charge in [-0.05, 0) is 24.1 Å². The van der Waals surface area contributed by atoms with Crippen LogP contribution >= 0.6 is 0 Å². The van der Waals surface area contributed by atoms with E-state index in [-0.39, 0.29) is 12.2 Å². The van der Waals surface area contributed by atoms with Gasteiger partial charge in [0.25, 0.3) is 0 Å². The SMILES string of the molecule is O=C(O)c1cccc(CN2CCC(O)(CO)C2)c1. The van der Waals surface area contributed by atoms with Crippen LogP contribution in [-0.4, -0.2) is 51.5 Å². The van der Waals surface area contributed by atoms with Gasteiger partial charge in [-0.15, -0.1) is 0 Å². The zero-order valence-corrected chi connectivity index (χ0v) is 10.0. The first-order valence-electron chi connectivity index (χ1n) is 5.90. The summed E-state index contributed by atoms with van der Waals surface area (Å²) in [4.78, 5) is 12.9. The van der Waals surface area contributed by atoms with Crippen LogP contribution < -0.4 is 0 Å². The van der Waals surface area contributed by atoms with Gasteiger partial charge in [0, 0.05) is 19.6 Å². The van der Waals surface area contributed by atoms with Gasteiger partial charge in [-0.25, -0.2) is 4.79 Å². The summed E-state index contributed by atoms with van der Waals surface area (Å²) in [6.07, 6.45) is 0.544. The summed E-state index contributed by atoms with van der Waals surface area (Å²) < 4.78 is 0. The molecule has 0 amide bonds. The maximum Gasteiger partial charge on any atom is 0.335 e. The van der Waals surface area contributed by atoms with Gasteiger partial charge in [-0.1, -0.05) is 12.1 Å². The zero-order valence-electron chi connectivity index (χ0n) is 10.0. The third-order valence-electron chi connectivity index (χ3n) is 3.29. The van der Waals surface area contributed by atoms with Crippen molar-refractivity contribution in [2.24, 2.45) is 0 Å². The van der Waals surface area contributed by atoms with Crippen molar-refractivity contribution in [2.45, 2.75) is 18.6 Å². The largest absolute Gasteiger partial charge is 0.478 e. The van der Waals surface area contributed by atoms with Crippen LogP contribution in [-0.2, 0) is 6.54 Å². The highest BCUT2D eigenvalue weighted by Crippen LogP contribution is 2.22. The number of rotatable bonds is 4. The normalized spacial score (nSPS) is 24.3. The van der Waals surface area contributed by atoms with Crippen molar-refractivity contribution >= 4 is 5.97 Å². The van der Waals surface area contributed by atoms with E-state index in [4.69, 9.17) is 10.2 Å². The lowest BCUT2D eigenvalue weighted by molar-refractivity contribution is -0.00581. The molecule has 0 radical (unpaired) electrons. The highest BCUT2D eigenvalue weighted by molar-refractivity contribution is 5.87. The van der Waals surface area contributed by atoms with E-state index >= 15 is 0 Å². The number of hydrogen-bond acceptors (Lipinski definition) is 4. The fourth-order valence-electron chi connectivity index (χ4n) is 2.27. The van der Waals surface area contributed by atoms with Gasteiger partial charge in [0.15, 0.2) is 0 Å². The zero-order chi connectivity index (χ0) is 13.2. The smallest absolute Gasteiger partial charge is 0.335 e. The van der Waals surface area contributed by atoms with Crippen molar-refractivity contribution in [3.05, 3.63) is 35.4 Å². The van der Waals surface area contributed by atoms with E-state index in [2.05, 4.69) is 0 Å². The Hall–Kier alpha value is -1.43. The standard InChI is InChI=1S/C13H17NO4/c15-9-13(18)4-5-14(8-13)7-10-2-1-3-11(6-10)12(16)17/h1-3,6,15,18H,4-5,7-9H2,(H,16,17). The maximum atomic E-state index is 10.9. The van der Waals surface area contributed by atoms with Crippen LogP contribution in [0.3, 0.4) is 0 Å². The molecule has 3 N–H and O–H groups in total. The second-order valence-corrected chi connectivity index (χ2v) is 4.85. The molecule has 0 bridgehead atoms. The number of β-amino-alcohol motifs (C(OH)–C–C–N with tert-alkyl or cyclic N) is 1. The van der Waals surface area contributed by atoms with Crippen LogP contribution in [0.25, 0.3) is 0 Å². The fraction of sp³-hybridized carbons (Fsp3) is 0.462. The number of benzene rings is 1. The van der Waals surface area contributed by atoms with Crippen LogP contribution in [0.15, 0.2) is 24.3 Å². The molecule has 0 aromatic heterocycles. The average Bonchev–Trinajstić information content (AvgIpc) is 2.72. The Balaban J connectivity index is 2.02. The first-order valence-corrected chi connectivity index (χ1v) is 5.90. The van der Waals surface area contributed by atoms with Crippen LogP contribution in [0.2, 0.25) is 0 Å². The number of carboxylic acids is 1. The molecule has 98 valence electrons. The van der Waals surface area contributed by atoms with Gasteiger partial charge < -0.3 is 15.3 Å². The van der Waals surface area contributed by atoms with E-state index < -0.39 is 11.6 Å². The van der Waals surface area contributed by atoms with E-state index in [1.807, 2.05) is 11.0 Å². The molecule has 0 spiro atoms. The van der Waals surface area contributed by atoms with Gasteiger partial charge in [-0.2, -0.15) is 0 Å². The van der Waals surface area contributed by atoms with Gasteiger partial charge in [0.2, 0.25) is 0 Å². The van der Waals surface area contributed by atoms with Crippen molar-refractivity contribution in [1.82, 2.24) is 4.90 Å². The Bertz CT molecular complexity index is 448. The number of carboxylic acid groups (broad SMARTS) is 1. The highest BCUT2D eigenvalue weighted by Gasteiger charge is 2.35. The van der Waals surface area contributed by atoms with Gasteiger partial charge in [-0.3, -0.25) is 4.90 Å². The number of aliphatic hydroxyl groups is 2. The van der Waals surface area contributed by atoms with E-state index in [0.717, 1.165) is 5.56 Å². The molecule has 0 saturated carbocycles. The average molecular weight is 251 g/mol. The van der Waals surface area contributed by atoms with Crippen LogP contribution in [0, 0.1) is 0 Å². The number of nitrogens with zero attached hydrogens (tertiary/aromatic N) is 1. The molecule has 0 aliphatic carbocycles. The van der Waals surface area contributed by atoms with Gasteiger partial charge >= 0.3 is 5.97 Å². The fourth-order valence-corrected chi connectivity index (χ4v) is 2.27. The number of carbonyl (C=O) groups is 1. The monoisotopic (exact) mass is 251 g/mol. The summed E-state index contributed by atoms with van der Waals surface area (Å²) in [5.41, 5.74) is 0.158. The molecule has 1 atom stereocenters. The predicted octanol–water partition coefficient (Wildman–Crippen LogP) is 0.314. The molecule has 5 nitrogen and oxygen atoms in total. The van der Waals surface area contributed by atoms with Crippen molar-refractivity contribution in [1.29, 1.82) is 0 Å². The quantitative estimate of drug-likeness (QED) is 0.717. The minimum Gasteiger partial charge on any atom is -0.478 e. The molecule has 2 rings (SSSR count). The number of aliphatic hydroxyl groups excluding tert-OH is 1. The molecule has 18 heavy (non-hydrogen) atoms. The highest BCUT2D eigenvalue weighted by atomic mass is 16.4. The Morgan fingerprint density at radius 2 is 2.22 bits per heavy atom. The van der Waals surface area contributed by atoms with Crippen molar-refractivity contribution in [3.63, 3.8) is 0 Å². The number of hydrogen-bond donors (Lipinski definition) is 3. The lowest BCUT2D eigenvalue weighted by Gasteiger charge is -2.20. The third-order valence-corrected chi connectivity index (χ3v) is 3.29. The van der Waals surface area contributed by atoms with Crippen molar-refractivity contribution < 1.29 is 20.1 Å². The van der Waals surface area contributed by atoms with E-state index in [0.29, 0.717) is 26.1 Å². The van der Waals surface area contributed by atoms with Crippen LogP contribution in [0.1, 0.15) is 22.3 Å². The third kappa shape index (κ3) is 2.87. The first kappa shape index (κ1) is 13.0. The molecule has 5 heteroatoms. The summed E-state index contributed by atoms with van der Waals surface area (Å²) in [5.74, 6) is -0.940. The Morgan fingerprint density at radius 1 is 1.44 bits per heavy atom. The number of likely N-dealkylation sites (tertiary alicyclic amines) is 1. The Labute approximate surface area is 105 Å². The molecular weight excluding hydrogens is 234 g/mol. The summed E-state index contributed by atoms with van der Waals surface area (Å²) in [5, 5.41) is 27.9. The molecule has 1 aliphatic rings. The van der Waals surface area contributed by atoms with Crippen LogP contribution in [0.4, 0.5) is 0 Å². The van der Waals surface area contributed by atoms with E-state index in [9.17, 15) is 9.90 Å². The lowest BCUT2D eigenvalue weighted by Crippen LogP contribution is -2.36. The molecule has 1 aliphatic heterocycles. The van der Waals surface area contributed by atoms with E-state index in [1.54, 1.807) is 18.2 Å². The summed E-state index contributed by atoms with van der Waals surface area (Å²) in [7, 11) is 0. The second-order valence-electron chi connectivity index (χ2n) is 4.85. The molecule has 1 heterocycles. The number of aromatic carboxylic acids is 1. The van der Waals surface area contributed by atoms with Gasteiger partial charge in [0.05, 0.1) is 12.2 Å². The Morgan fingerprint density at radius 3 is 2.83 bits per heavy atom. The minimum absolute atomic E-state index is 0.237.